The number of benzene rings is 2. The molecule has 4 nitrogen and oxygen atoms in total. The van der Waals surface area contributed by atoms with Gasteiger partial charge >= 0.3 is 11.9 Å². The Kier molecular flexibility index (Phi) is 6.21. The van der Waals surface area contributed by atoms with Crippen LogP contribution in [0.5, 0.6) is 0 Å². The highest BCUT2D eigenvalue weighted by Crippen LogP contribution is 2.46. The third-order valence-electron chi connectivity index (χ3n) is 7.47. The molecule has 2 aliphatic rings. The lowest BCUT2D eigenvalue weighted by Gasteiger charge is -2.38. The maximum Gasteiger partial charge on any atom is 0.335 e. The van der Waals surface area contributed by atoms with E-state index in [4.69, 9.17) is 0 Å². The minimum Gasteiger partial charge on any atom is -0.478 e. The molecule has 0 atom stereocenters. The molecule has 0 aliphatic heterocycles. The van der Waals surface area contributed by atoms with Crippen LogP contribution in [-0.2, 0) is 0 Å². The Balaban J connectivity index is 1.34. The monoisotopic (exact) mass is 406 g/mol. The fraction of sp³-hybridized carbons (Fsp3) is 0.462. The molecule has 0 unspecified atom stereocenters. The van der Waals surface area contributed by atoms with Gasteiger partial charge in [-0.1, -0.05) is 36.4 Å². The average Bonchev–Trinajstić information content (AvgIpc) is 2.79. The van der Waals surface area contributed by atoms with Crippen LogP contribution in [0.2, 0.25) is 0 Å². The highest BCUT2D eigenvalue weighted by Gasteiger charge is 2.33. The van der Waals surface area contributed by atoms with E-state index in [9.17, 15) is 19.8 Å². The molecular weight excluding hydrogens is 376 g/mol. The number of carboxylic acids is 2. The smallest absolute Gasteiger partial charge is 0.335 e. The third-order valence-corrected chi connectivity index (χ3v) is 7.47. The maximum absolute atomic E-state index is 11.6. The standard InChI is InChI=1S/C26H30O4/c27-25(28)23-7-3-1-5-21(23)19-13-9-17(10-14-19)18-11-15-20(16-12-18)22-6-2-4-8-24(22)26(29)30/h1-8,17-20H,9-16H2,(H,27,28)(H,29,30)/t17-,18-,19-,20-. The van der Waals surface area contributed by atoms with Crippen LogP contribution >= 0.6 is 0 Å². The lowest BCUT2D eigenvalue weighted by Crippen LogP contribution is -2.25. The van der Waals surface area contributed by atoms with E-state index in [1.807, 2.05) is 24.3 Å². The van der Waals surface area contributed by atoms with E-state index in [-0.39, 0.29) is 0 Å². The van der Waals surface area contributed by atoms with Crippen LogP contribution in [0.25, 0.3) is 0 Å². The van der Waals surface area contributed by atoms with Crippen molar-refractivity contribution in [1.82, 2.24) is 0 Å². The molecule has 30 heavy (non-hydrogen) atoms. The van der Waals surface area contributed by atoms with Gasteiger partial charge in [0.1, 0.15) is 0 Å². The summed E-state index contributed by atoms with van der Waals surface area (Å²) in [6.45, 7) is 0. The van der Waals surface area contributed by atoms with Crippen molar-refractivity contribution in [2.24, 2.45) is 11.8 Å². The van der Waals surface area contributed by atoms with Gasteiger partial charge in [0, 0.05) is 0 Å². The largest absolute Gasteiger partial charge is 0.478 e. The van der Waals surface area contributed by atoms with E-state index in [1.54, 1.807) is 24.3 Å². The zero-order chi connectivity index (χ0) is 21.1. The highest BCUT2D eigenvalue weighted by molar-refractivity contribution is 5.90. The van der Waals surface area contributed by atoms with Crippen molar-refractivity contribution in [1.29, 1.82) is 0 Å². The van der Waals surface area contributed by atoms with Crippen molar-refractivity contribution in [3.8, 4) is 0 Å². The molecule has 0 heterocycles. The van der Waals surface area contributed by atoms with Crippen molar-refractivity contribution >= 4 is 11.9 Å². The second-order valence-electron chi connectivity index (χ2n) is 9.01. The number of carbonyl (C=O) groups is 2. The Labute approximate surface area is 177 Å². The van der Waals surface area contributed by atoms with Crippen molar-refractivity contribution in [3.05, 3.63) is 70.8 Å². The van der Waals surface area contributed by atoms with Gasteiger partial charge < -0.3 is 10.2 Å². The Hall–Kier alpha value is -2.62. The third kappa shape index (κ3) is 4.28. The normalized spacial score (nSPS) is 26.8. The Morgan fingerprint density at radius 2 is 0.900 bits per heavy atom. The zero-order valence-corrected chi connectivity index (χ0v) is 17.3. The number of rotatable bonds is 5. The van der Waals surface area contributed by atoms with E-state index < -0.39 is 11.9 Å². The van der Waals surface area contributed by atoms with Crippen LogP contribution in [0, 0.1) is 11.8 Å². The summed E-state index contributed by atoms with van der Waals surface area (Å²) in [5.41, 5.74) is 2.91. The maximum atomic E-state index is 11.6. The molecule has 0 spiro atoms. The van der Waals surface area contributed by atoms with Crippen molar-refractivity contribution in [3.63, 3.8) is 0 Å². The van der Waals surface area contributed by atoms with Gasteiger partial charge in [0.2, 0.25) is 0 Å². The molecule has 4 rings (SSSR count). The topological polar surface area (TPSA) is 74.6 Å². The van der Waals surface area contributed by atoms with Gasteiger partial charge in [0.05, 0.1) is 11.1 Å². The van der Waals surface area contributed by atoms with Gasteiger partial charge in [-0.3, -0.25) is 0 Å². The lowest BCUT2D eigenvalue weighted by molar-refractivity contribution is 0.0682. The molecule has 2 aliphatic carbocycles. The zero-order valence-electron chi connectivity index (χ0n) is 17.3. The van der Waals surface area contributed by atoms with Gasteiger partial charge in [-0.05, 0) is 98.3 Å². The second kappa shape index (κ2) is 9.03. The van der Waals surface area contributed by atoms with Gasteiger partial charge in [-0.15, -0.1) is 0 Å². The van der Waals surface area contributed by atoms with Crippen LogP contribution in [0.4, 0.5) is 0 Å². The van der Waals surface area contributed by atoms with Gasteiger partial charge in [0.15, 0.2) is 0 Å². The van der Waals surface area contributed by atoms with Crippen LogP contribution in [0.15, 0.2) is 48.5 Å². The van der Waals surface area contributed by atoms with Crippen LogP contribution < -0.4 is 0 Å². The summed E-state index contributed by atoms with van der Waals surface area (Å²) in [4.78, 5) is 23.1. The van der Waals surface area contributed by atoms with Crippen LogP contribution in [0.1, 0.15) is 95.0 Å². The molecule has 0 amide bonds. The molecular formula is C26H30O4. The summed E-state index contributed by atoms with van der Waals surface area (Å²) in [5.74, 6) is 0.489. The molecule has 0 saturated heterocycles. The predicted octanol–water partition coefficient (Wildman–Crippen LogP) is 6.33. The van der Waals surface area contributed by atoms with Crippen LogP contribution in [0.3, 0.4) is 0 Å². The summed E-state index contributed by atoms with van der Waals surface area (Å²) < 4.78 is 0. The molecule has 2 N–H and O–H groups in total. The average molecular weight is 407 g/mol. The summed E-state index contributed by atoms with van der Waals surface area (Å²) in [6, 6.07) is 14.9. The number of hydrogen-bond donors (Lipinski definition) is 2. The minimum atomic E-state index is -0.826. The molecule has 2 fully saturated rings. The van der Waals surface area contributed by atoms with E-state index in [0.29, 0.717) is 34.8 Å². The molecule has 2 aromatic carbocycles. The van der Waals surface area contributed by atoms with Crippen molar-refractivity contribution < 1.29 is 19.8 Å². The molecule has 2 aromatic rings. The number of hydrogen-bond acceptors (Lipinski definition) is 2. The second-order valence-corrected chi connectivity index (χ2v) is 9.01. The summed E-state index contributed by atoms with van der Waals surface area (Å²) in [7, 11) is 0. The van der Waals surface area contributed by atoms with E-state index >= 15 is 0 Å². The molecule has 4 heteroatoms. The summed E-state index contributed by atoms with van der Waals surface area (Å²) in [6.07, 6.45) is 8.93. The summed E-state index contributed by atoms with van der Waals surface area (Å²) in [5, 5.41) is 19.0. The van der Waals surface area contributed by atoms with Crippen molar-refractivity contribution in [2.45, 2.75) is 63.2 Å². The molecule has 2 saturated carbocycles. The van der Waals surface area contributed by atoms with E-state index in [1.165, 1.54) is 25.7 Å². The van der Waals surface area contributed by atoms with Gasteiger partial charge in [-0.25, -0.2) is 9.59 Å². The first kappa shape index (κ1) is 20.6. The van der Waals surface area contributed by atoms with Gasteiger partial charge in [0.25, 0.3) is 0 Å². The van der Waals surface area contributed by atoms with E-state index in [2.05, 4.69) is 0 Å². The van der Waals surface area contributed by atoms with Gasteiger partial charge in [-0.2, -0.15) is 0 Å². The number of carboxylic acid groups (broad SMARTS) is 2. The first-order valence-corrected chi connectivity index (χ1v) is 11.2. The fourth-order valence-electron chi connectivity index (χ4n) is 5.90. The Morgan fingerprint density at radius 1 is 0.567 bits per heavy atom. The fourth-order valence-corrected chi connectivity index (χ4v) is 5.90. The first-order chi connectivity index (χ1) is 14.5. The first-order valence-electron chi connectivity index (χ1n) is 11.2. The quantitative estimate of drug-likeness (QED) is 0.608. The SMILES string of the molecule is O=C(O)c1ccccc1[C@H]1CC[C@H]([C@H]2CC[C@H](c3ccccc3C(=O)O)CC2)CC1. The lowest BCUT2D eigenvalue weighted by atomic mass is 9.67. The molecule has 0 bridgehead atoms. The predicted molar refractivity (Wildman–Crippen MR) is 116 cm³/mol. The number of aromatic carboxylic acids is 2. The minimum absolute atomic E-state index is 0.354. The van der Waals surface area contributed by atoms with E-state index in [0.717, 1.165) is 36.8 Å². The van der Waals surface area contributed by atoms with Crippen LogP contribution in [-0.4, -0.2) is 22.2 Å². The molecule has 0 aromatic heterocycles. The molecule has 158 valence electrons. The molecule has 0 radical (unpaired) electrons. The Bertz CT molecular complexity index is 827. The van der Waals surface area contributed by atoms with Crippen molar-refractivity contribution in [2.75, 3.05) is 0 Å². The highest BCUT2D eigenvalue weighted by atomic mass is 16.4. The summed E-state index contributed by atoms with van der Waals surface area (Å²) >= 11 is 0. The Morgan fingerprint density at radius 3 is 1.23 bits per heavy atom.